The molecule has 0 atom stereocenters. The van der Waals surface area contributed by atoms with Crippen molar-refractivity contribution in [3.63, 3.8) is 0 Å². The molecule has 0 radical (unpaired) electrons. The minimum absolute atomic E-state index is 0.0897. The molecule has 7 nitrogen and oxygen atoms in total. The van der Waals surface area contributed by atoms with E-state index in [4.69, 9.17) is 27.9 Å². The summed E-state index contributed by atoms with van der Waals surface area (Å²) in [6.07, 6.45) is 0.706. The molecule has 0 saturated carbocycles. The number of carbonyl (C=O) groups is 2. The van der Waals surface area contributed by atoms with E-state index in [0.717, 1.165) is 4.90 Å². The van der Waals surface area contributed by atoms with Gasteiger partial charge in [0.2, 0.25) is 0 Å². The van der Waals surface area contributed by atoms with Crippen LogP contribution < -0.4 is 5.32 Å². The summed E-state index contributed by atoms with van der Waals surface area (Å²) >= 11 is 11.8. The van der Waals surface area contributed by atoms with Crippen LogP contribution in [0.1, 0.15) is 13.3 Å². The van der Waals surface area contributed by atoms with Gasteiger partial charge in [0, 0.05) is 26.8 Å². The summed E-state index contributed by atoms with van der Waals surface area (Å²) in [6, 6.07) is 3.54. The van der Waals surface area contributed by atoms with E-state index >= 15 is 0 Å². The summed E-state index contributed by atoms with van der Waals surface area (Å²) in [6.45, 7) is 2.23. The standard InChI is InChI=1S/C15H20Cl2N4O3/c1-5-8-24-15(19-13(22)20(2)3)21(4)14(23)18-10-6-7-11(16)12(17)9-10/h6-7,9H,5,8H2,1-4H3,(H,18,23). The van der Waals surface area contributed by atoms with E-state index in [-0.39, 0.29) is 6.02 Å². The molecule has 1 aromatic rings. The van der Waals surface area contributed by atoms with E-state index in [2.05, 4.69) is 10.3 Å². The van der Waals surface area contributed by atoms with Gasteiger partial charge in [-0.3, -0.25) is 4.90 Å². The summed E-state index contributed by atoms with van der Waals surface area (Å²) < 4.78 is 5.40. The molecule has 24 heavy (non-hydrogen) atoms. The SMILES string of the molecule is CCCOC(=NC(=O)N(C)C)N(C)C(=O)Nc1ccc(Cl)c(Cl)c1. The van der Waals surface area contributed by atoms with Crippen molar-refractivity contribution in [1.29, 1.82) is 0 Å². The molecule has 0 aromatic heterocycles. The zero-order chi connectivity index (χ0) is 18.3. The van der Waals surface area contributed by atoms with Gasteiger partial charge in [-0.15, -0.1) is 4.99 Å². The zero-order valence-corrected chi connectivity index (χ0v) is 15.5. The molecule has 0 aliphatic carbocycles. The Morgan fingerprint density at radius 2 is 1.88 bits per heavy atom. The number of aliphatic imine (C=N–C) groups is 1. The summed E-state index contributed by atoms with van der Waals surface area (Å²) in [5, 5.41) is 3.33. The number of rotatable bonds is 3. The lowest BCUT2D eigenvalue weighted by Crippen LogP contribution is -2.39. The molecule has 0 fully saturated rings. The molecule has 0 spiro atoms. The second kappa shape index (κ2) is 9.34. The van der Waals surface area contributed by atoms with Gasteiger partial charge in [-0.2, -0.15) is 0 Å². The Labute approximate surface area is 151 Å². The molecule has 1 aromatic carbocycles. The Kier molecular flexibility index (Phi) is 7.81. The van der Waals surface area contributed by atoms with Crippen LogP contribution in [0.4, 0.5) is 15.3 Å². The highest BCUT2D eigenvalue weighted by atomic mass is 35.5. The number of hydrogen-bond donors (Lipinski definition) is 1. The van der Waals surface area contributed by atoms with Crippen LogP contribution in [0, 0.1) is 0 Å². The van der Waals surface area contributed by atoms with Gasteiger partial charge in [-0.25, -0.2) is 9.59 Å². The van der Waals surface area contributed by atoms with E-state index in [1.165, 1.54) is 18.0 Å². The Bertz CT molecular complexity index is 635. The molecule has 1 rings (SSSR count). The van der Waals surface area contributed by atoms with Crippen molar-refractivity contribution in [3.05, 3.63) is 28.2 Å². The number of hydrogen-bond acceptors (Lipinski definition) is 3. The average Bonchev–Trinajstić information content (AvgIpc) is 2.53. The van der Waals surface area contributed by atoms with Crippen molar-refractivity contribution in [3.8, 4) is 0 Å². The average molecular weight is 375 g/mol. The summed E-state index contributed by atoms with van der Waals surface area (Å²) in [7, 11) is 4.56. The number of amidine groups is 1. The predicted molar refractivity (Wildman–Crippen MR) is 96.0 cm³/mol. The molecule has 0 aliphatic heterocycles. The molecule has 0 heterocycles. The highest BCUT2D eigenvalue weighted by molar-refractivity contribution is 6.42. The van der Waals surface area contributed by atoms with Gasteiger partial charge in [-0.05, 0) is 24.6 Å². The number of urea groups is 2. The van der Waals surface area contributed by atoms with E-state index in [0.29, 0.717) is 28.8 Å². The molecule has 0 unspecified atom stereocenters. The Morgan fingerprint density at radius 1 is 1.21 bits per heavy atom. The van der Waals surface area contributed by atoms with Crippen molar-refractivity contribution >= 4 is 47.0 Å². The van der Waals surface area contributed by atoms with Crippen molar-refractivity contribution in [2.75, 3.05) is 33.1 Å². The molecular formula is C15H20Cl2N4O3. The smallest absolute Gasteiger partial charge is 0.347 e. The topological polar surface area (TPSA) is 74.2 Å². The second-order valence-corrected chi connectivity index (χ2v) is 5.85. The Hall–Kier alpha value is -1.99. The highest BCUT2D eigenvalue weighted by Crippen LogP contribution is 2.25. The lowest BCUT2D eigenvalue weighted by atomic mass is 10.3. The van der Waals surface area contributed by atoms with E-state index in [1.54, 1.807) is 26.2 Å². The van der Waals surface area contributed by atoms with Gasteiger partial charge in [0.15, 0.2) is 0 Å². The molecule has 0 saturated heterocycles. The molecule has 1 N–H and O–H groups in total. The molecule has 0 aliphatic rings. The number of ether oxygens (including phenoxy) is 1. The monoisotopic (exact) mass is 374 g/mol. The summed E-state index contributed by atoms with van der Waals surface area (Å²) in [5.41, 5.74) is 0.454. The maximum Gasteiger partial charge on any atom is 0.347 e. The van der Waals surface area contributed by atoms with Gasteiger partial charge in [0.05, 0.1) is 16.7 Å². The van der Waals surface area contributed by atoms with Crippen LogP contribution >= 0.6 is 23.2 Å². The van der Waals surface area contributed by atoms with Crippen LogP contribution in [-0.4, -0.2) is 55.6 Å². The summed E-state index contributed by atoms with van der Waals surface area (Å²) in [4.78, 5) is 30.3. The first-order chi connectivity index (χ1) is 11.3. The quantitative estimate of drug-likeness (QED) is 0.643. The molecule has 0 bridgehead atoms. The van der Waals surface area contributed by atoms with Crippen LogP contribution in [0.3, 0.4) is 0 Å². The lowest BCUT2D eigenvalue weighted by Gasteiger charge is -2.20. The fourth-order valence-electron chi connectivity index (χ4n) is 1.45. The van der Waals surface area contributed by atoms with Crippen molar-refractivity contribution in [2.24, 2.45) is 4.99 Å². The van der Waals surface area contributed by atoms with Gasteiger partial charge >= 0.3 is 18.1 Å². The number of amides is 4. The van der Waals surface area contributed by atoms with Crippen LogP contribution in [0.15, 0.2) is 23.2 Å². The second-order valence-electron chi connectivity index (χ2n) is 5.04. The van der Waals surface area contributed by atoms with E-state index in [9.17, 15) is 9.59 Å². The molecule has 4 amide bonds. The number of nitrogens with zero attached hydrogens (tertiary/aromatic N) is 3. The number of benzene rings is 1. The summed E-state index contributed by atoms with van der Waals surface area (Å²) in [5.74, 6) is 0. The van der Waals surface area contributed by atoms with Crippen LogP contribution in [0.2, 0.25) is 10.0 Å². The van der Waals surface area contributed by atoms with Crippen LogP contribution in [-0.2, 0) is 4.74 Å². The van der Waals surface area contributed by atoms with Crippen molar-refractivity contribution < 1.29 is 14.3 Å². The maximum absolute atomic E-state index is 12.3. The number of halogens is 2. The van der Waals surface area contributed by atoms with Crippen molar-refractivity contribution in [1.82, 2.24) is 9.80 Å². The Balaban J connectivity index is 2.91. The minimum atomic E-state index is -0.533. The first-order valence-corrected chi connectivity index (χ1v) is 7.94. The molecule has 132 valence electrons. The maximum atomic E-state index is 12.3. The lowest BCUT2D eigenvalue weighted by molar-refractivity contribution is 0.212. The van der Waals surface area contributed by atoms with Gasteiger partial charge in [0.1, 0.15) is 0 Å². The van der Waals surface area contributed by atoms with Gasteiger partial charge < -0.3 is 15.0 Å². The first kappa shape index (κ1) is 20.1. The highest BCUT2D eigenvalue weighted by Gasteiger charge is 2.19. The van der Waals surface area contributed by atoms with Crippen molar-refractivity contribution in [2.45, 2.75) is 13.3 Å². The third kappa shape index (κ3) is 5.90. The Morgan fingerprint density at radius 3 is 2.42 bits per heavy atom. The number of nitrogens with one attached hydrogen (secondary N) is 1. The van der Waals surface area contributed by atoms with E-state index < -0.39 is 12.1 Å². The fourth-order valence-corrected chi connectivity index (χ4v) is 1.75. The third-order valence-corrected chi connectivity index (χ3v) is 3.51. The fraction of sp³-hybridized carbons (Fsp3) is 0.400. The third-order valence-electron chi connectivity index (χ3n) is 2.77. The minimum Gasteiger partial charge on any atom is -0.464 e. The predicted octanol–water partition coefficient (Wildman–Crippen LogP) is 3.92. The number of anilines is 1. The van der Waals surface area contributed by atoms with Gasteiger partial charge in [0.25, 0.3) is 0 Å². The van der Waals surface area contributed by atoms with Crippen LogP contribution in [0.5, 0.6) is 0 Å². The number of carbonyl (C=O) groups excluding carboxylic acids is 2. The van der Waals surface area contributed by atoms with Crippen LogP contribution in [0.25, 0.3) is 0 Å². The normalized spacial score (nSPS) is 11.0. The first-order valence-electron chi connectivity index (χ1n) is 7.18. The zero-order valence-electron chi connectivity index (χ0n) is 14.0. The van der Waals surface area contributed by atoms with E-state index in [1.807, 2.05) is 6.92 Å². The largest absolute Gasteiger partial charge is 0.464 e. The van der Waals surface area contributed by atoms with Gasteiger partial charge in [-0.1, -0.05) is 30.1 Å². The molecule has 9 heteroatoms. The molecular weight excluding hydrogens is 355 g/mol.